The molecule has 4 aromatic rings. The number of para-hydroxylation sites is 1. The molecule has 3 aromatic carbocycles. The first-order valence-electron chi connectivity index (χ1n) is 12.1. The van der Waals surface area contributed by atoms with E-state index in [9.17, 15) is 14.7 Å². The Morgan fingerprint density at radius 3 is 2.41 bits per heavy atom. The van der Waals surface area contributed by atoms with E-state index in [2.05, 4.69) is 30.7 Å². The van der Waals surface area contributed by atoms with Crippen molar-refractivity contribution in [3.8, 4) is 5.75 Å². The Bertz CT molecular complexity index is 1560. The number of aromatic amines is 1. The molecule has 1 fully saturated rings. The predicted molar refractivity (Wildman–Crippen MR) is 144 cm³/mol. The smallest absolute Gasteiger partial charge is 0.302 e. The highest BCUT2D eigenvalue weighted by atomic mass is 16.5. The molecule has 37 heavy (non-hydrogen) atoms. The molecular formula is C30H29N3O4. The molecule has 1 saturated heterocycles. The number of aliphatic hydroxyl groups is 1. The number of aryl methyl sites for hydroxylation is 1. The standard InChI is InChI=1S/C30H29N3O4/c1-17-10-15-21-22(16-17)32-29(31-21)33-25(18-11-13-19(14-12-18)30(2,3)4)24(27(35)28(33)36)26(34)20-8-6-7-9-23(20)37-5/h6-16,25,34H,1-5H3,(H,31,32)/b26-24+. The van der Waals surface area contributed by atoms with E-state index in [-0.39, 0.29) is 22.7 Å². The number of benzene rings is 3. The summed E-state index contributed by atoms with van der Waals surface area (Å²) in [5, 5.41) is 11.4. The minimum atomic E-state index is -0.888. The fraction of sp³-hybridized carbons (Fsp3) is 0.233. The number of hydrogen-bond donors (Lipinski definition) is 2. The number of aromatic nitrogens is 2. The molecule has 0 spiro atoms. The summed E-state index contributed by atoms with van der Waals surface area (Å²) in [5.74, 6) is -1.21. The Morgan fingerprint density at radius 1 is 1.03 bits per heavy atom. The molecule has 1 aromatic heterocycles. The summed E-state index contributed by atoms with van der Waals surface area (Å²) in [6.45, 7) is 8.32. The number of hydrogen-bond acceptors (Lipinski definition) is 5. The van der Waals surface area contributed by atoms with Gasteiger partial charge in [-0.1, -0.05) is 63.2 Å². The van der Waals surface area contributed by atoms with Gasteiger partial charge in [-0.15, -0.1) is 0 Å². The molecule has 0 aliphatic carbocycles. The van der Waals surface area contributed by atoms with Crippen molar-refractivity contribution >= 4 is 34.4 Å². The summed E-state index contributed by atoms with van der Waals surface area (Å²) < 4.78 is 5.42. The largest absolute Gasteiger partial charge is 0.507 e. The number of nitrogens with one attached hydrogen (secondary N) is 1. The summed E-state index contributed by atoms with van der Waals surface area (Å²) in [6, 6.07) is 19.5. The first-order chi connectivity index (χ1) is 17.6. The van der Waals surface area contributed by atoms with Crippen LogP contribution in [0.25, 0.3) is 16.8 Å². The van der Waals surface area contributed by atoms with Gasteiger partial charge in [0, 0.05) is 0 Å². The van der Waals surface area contributed by atoms with Crippen molar-refractivity contribution in [1.82, 2.24) is 9.97 Å². The lowest BCUT2D eigenvalue weighted by Crippen LogP contribution is -2.30. The normalized spacial score (nSPS) is 17.5. The second-order valence-electron chi connectivity index (χ2n) is 10.3. The van der Waals surface area contributed by atoms with Crippen LogP contribution in [0.2, 0.25) is 0 Å². The van der Waals surface area contributed by atoms with Crippen LogP contribution in [-0.2, 0) is 15.0 Å². The van der Waals surface area contributed by atoms with Crippen LogP contribution in [0.4, 0.5) is 5.95 Å². The van der Waals surface area contributed by atoms with E-state index in [1.807, 2.05) is 49.4 Å². The Labute approximate surface area is 215 Å². The van der Waals surface area contributed by atoms with E-state index < -0.39 is 17.7 Å². The molecule has 1 aliphatic rings. The Balaban J connectivity index is 1.74. The number of nitrogens with zero attached hydrogens (tertiary/aromatic N) is 2. The van der Waals surface area contributed by atoms with Crippen LogP contribution < -0.4 is 9.64 Å². The number of fused-ring (bicyclic) bond motifs is 1. The van der Waals surface area contributed by atoms with Crippen LogP contribution in [0.15, 0.2) is 72.3 Å². The van der Waals surface area contributed by atoms with Crippen LogP contribution in [0, 0.1) is 6.92 Å². The molecule has 0 bridgehead atoms. The lowest BCUT2D eigenvalue weighted by Gasteiger charge is -2.25. The Kier molecular flexibility index (Phi) is 5.86. The first-order valence-corrected chi connectivity index (χ1v) is 12.1. The topological polar surface area (TPSA) is 95.5 Å². The molecule has 0 radical (unpaired) electrons. The number of carbonyl (C=O) groups excluding carboxylic acids is 2. The van der Waals surface area contributed by atoms with Crippen LogP contribution in [0.3, 0.4) is 0 Å². The summed E-state index contributed by atoms with van der Waals surface area (Å²) in [7, 11) is 1.49. The van der Waals surface area contributed by atoms with Gasteiger partial charge in [0.15, 0.2) is 0 Å². The van der Waals surface area contributed by atoms with E-state index in [0.29, 0.717) is 22.4 Å². The van der Waals surface area contributed by atoms with Crippen molar-refractivity contribution < 1.29 is 19.4 Å². The van der Waals surface area contributed by atoms with Crippen molar-refractivity contribution in [2.45, 2.75) is 39.2 Å². The Morgan fingerprint density at radius 2 is 1.73 bits per heavy atom. The number of rotatable bonds is 4. The van der Waals surface area contributed by atoms with Gasteiger partial charge in [-0.3, -0.25) is 14.5 Å². The maximum Gasteiger partial charge on any atom is 0.302 e. The van der Waals surface area contributed by atoms with Gasteiger partial charge in [0.05, 0.1) is 35.3 Å². The molecule has 7 heteroatoms. The molecule has 2 heterocycles. The number of anilines is 1. The monoisotopic (exact) mass is 495 g/mol. The third kappa shape index (κ3) is 4.16. The SMILES string of the molecule is COc1ccccc1/C(O)=C1\C(=O)C(=O)N(c2nc3ccc(C)cc3[nH]2)C1c1ccc(C(C)(C)C)cc1. The lowest BCUT2D eigenvalue weighted by molar-refractivity contribution is -0.132. The van der Waals surface area contributed by atoms with Crippen molar-refractivity contribution in [2.24, 2.45) is 0 Å². The van der Waals surface area contributed by atoms with E-state index in [0.717, 1.165) is 16.6 Å². The number of ketones is 1. The fourth-order valence-corrected chi connectivity index (χ4v) is 4.74. The number of H-pyrrole nitrogens is 1. The zero-order valence-corrected chi connectivity index (χ0v) is 21.5. The van der Waals surface area contributed by atoms with E-state index >= 15 is 0 Å². The van der Waals surface area contributed by atoms with Gasteiger partial charge in [0.1, 0.15) is 11.5 Å². The highest BCUT2D eigenvalue weighted by molar-refractivity contribution is 6.51. The van der Waals surface area contributed by atoms with Crippen LogP contribution in [-0.4, -0.2) is 33.9 Å². The Hall–Kier alpha value is -4.39. The summed E-state index contributed by atoms with van der Waals surface area (Å²) in [5.41, 5.74) is 4.49. The number of aliphatic hydroxyl groups excluding tert-OH is 1. The fourth-order valence-electron chi connectivity index (χ4n) is 4.74. The van der Waals surface area contributed by atoms with Crippen molar-refractivity contribution in [3.05, 3.63) is 94.6 Å². The molecule has 2 N–H and O–H groups in total. The second kappa shape index (κ2) is 8.92. The zero-order valence-electron chi connectivity index (χ0n) is 21.5. The van der Waals surface area contributed by atoms with Gasteiger partial charge >= 0.3 is 5.91 Å². The number of imidazole rings is 1. The van der Waals surface area contributed by atoms with Gasteiger partial charge in [-0.05, 0) is 53.3 Å². The minimum absolute atomic E-state index is 0.0188. The maximum atomic E-state index is 13.5. The number of carbonyl (C=O) groups is 2. The number of amides is 1. The third-order valence-electron chi connectivity index (χ3n) is 6.75. The van der Waals surface area contributed by atoms with Crippen molar-refractivity contribution in [2.75, 3.05) is 12.0 Å². The van der Waals surface area contributed by atoms with Gasteiger partial charge in [0.25, 0.3) is 5.78 Å². The number of Topliss-reactive ketones (excluding diaryl/α,β-unsaturated/α-hetero) is 1. The highest BCUT2D eigenvalue weighted by Gasteiger charge is 2.48. The number of ether oxygens (including phenoxy) is 1. The van der Waals surface area contributed by atoms with Crippen LogP contribution in [0.1, 0.15) is 49.1 Å². The lowest BCUT2D eigenvalue weighted by atomic mass is 9.85. The summed E-state index contributed by atoms with van der Waals surface area (Å²) >= 11 is 0. The van der Waals surface area contributed by atoms with Gasteiger partial charge in [-0.2, -0.15) is 0 Å². The van der Waals surface area contributed by atoms with E-state index in [4.69, 9.17) is 4.74 Å². The maximum absolute atomic E-state index is 13.5. The molecule has 0 saturated carbocycles. The zero-order chi connectivity index (χ0) is 26.5. The number of methoxy groups -OCH3 is 1. The summed E-state index contributed by atoms with van der Waals surface area (Å²) in [6.07, 6.45) is 0. The average Bonchev–Trinajstić information content (AvgIpc) is 3.40. The molecule has 1 unspecified atom stereocenters. The van der Waals surface area contributed by atoms with Crippen molar-refractivity contribution in [3.63, 3.8) is 0 Å². The predicted octanol–water partition coefficient (Wildman–Crippen LogP) is 5.80. The van der Waals surface area contributed by atoms with Crippen molar-refractivity contribution in [1.29, 1.82) is 0 Å². The van der Waals surface area contributed by atoms with Gasteiger partial charge in [0.2, 0.25) is 5.95 Å². The van der Waals surface area contributed by atoms with Crippen LogP contribution in [0.5, 0.6) is 5.75 Å². The summed E-state index contributed by atoms with van der Waals surface area (Å²) in [4.78, 5) is 36.2. The average molecular weight is 496 g/mol. The first kappa shape index (κ1) is 24.3. The quantitative estimate of drug-likeness (QED) is 0.212. The molecule has 188 valence electrons. The molecule has 1 atom stereocenters. The minimum Gasteiger partial charge on any atom is -0.507 e. The van der Waals surface area contributed by atoms with Crippen LogP contribution >= 0.6 is 0 Å². The van der Waals surface area contributed by atoms with Gasteiger partial charge in [-0.25, -0.2) is 4.98 Å². The molecule has 5 rings (SSSR count). The second-order valence-corrected chi connectivity index (χ2v) is 10.3. The van der Waals surface area contributed by atoms with E-state index in [1.54, 1.807) is 24.3 Å². The molecule has 1 aliphatic heterocycles. The molecule has 7 nitrogen and oxygen atoms in total. The highest BCUT2D eigenvalue weighted by Crippen LogP contribution is 2.43. The molecular weight excluding hydrogens is 466 g/mol. The third-order valence-corrected chi connectivity index (χ3v) is 6.75. The van der Waals surface area contributed by atoms with E-state index in [1.165, 1.54) is 12.0 Å². The van der Waals surface area contributed by atoms with Gasteiger partial charge < -0.3 is 14.8 Å². The molecule has 1 amide bonds.